The third kappa shape index (κ3) is 6.16. The quantitative estimate of drug-likeness (QED) is 0.324. The van der Waals surface area contributed by atoms with Crippen molar-refractivity contribution in [1.82, 2.24) is 15.5 Å². The summed E-state index contributed by atoms with van der Waals surface area (Å²) in [5.74, 6) is 0.478. The van der Waals surface area contributed by atoms with Gasteiger partial charge in [0, 0.05) is 44.7 Å². The average molecular weight is 540 g/mol. The number of piperidine rings is 1. The van der Waals surface area contributed by atoms with Crippen LogP contribution < -0.4 is 10.6 Å². The van der Waals surface area contributed by atoms with Gasteiger partial charge in [0.2, 0.25) is 0 Å². The summed E-state index contributed by atoms with van der Waals surface area (Å²) >= 11 is 0. The second-order valence-electron chi connectivity index (χ2n) is 8.51. The van der Waals surface area contributed by atoms with E-state index in [0.29, 0.717) is 12.6 Å². The molecule has 2 N–H and O–H groups in total. The van der Waals surface area contributed by atoms with E-state index in [1.807, 2.05) is 24.3 Å². The first-order valence-corrected chi connectivity index (χ1v) is 10.8. The number of rotatable bonds is 6. The van der Waals surface area contributed by atoms with Gasteiger partial charge in [0.05, 0.1) is 0 Å². The second kappa shape index (κ2) is 10.7. The van der Waals surface area contributed by atoms with Crippen LogP contribution >= 0.6 is 24.0 Å². The van der Waals surface area contributed by atoms with Crippen molar-refractivity contribution in [3.63, 3.8) is 0 Å². The Hall–Kier alpha value is -1.74. The number of nitrogens with one attached hydrogen (secondary N) is 2. The second-order valence-corrected chi connectivity index (χ2v) is 8.51. The topological polar surface area (TPSA) is 39.7 Å². The fourth-order valence-corrected chi connectivity index (χ4v) is 4.31. The molecule has 0 aromatic heterocycles. The lowest BCUT2D eigenvalue weighted by Crippen LogP contribution is -2.49. The van der Waals surface area contributed by atoms with Gasteiger partial charge >= 0.3 is 0 Å². The van der Waals surface area contributed by atoms with Gasteiger partial charge in [-0.1, -0.05) is 30.3 Å². The van der Waals surface area contributed by atoms with Crippen LogP contribution in [-0.4, -0.2) is 43.6 Å². The number of hydrogen-bond donors (Lipinski definition) is 2. The van der Waals surface area contributed by atoms with Crippen LogP contribution in [0.5, 0.6) is 0 Å². The Bertz CT molecular complexity index is 875. The largest absolute Gasteiger partial charge is 0.356 e. The SMILES string of the molecule is CN=C(NCC1(c2ccccc2F)CC1)NC1CCN(Cc2ccc(F)cc2)CC1.I. The Morgan fingerprint density at radius 2 is 1.74 bits per heavy atom. The van der Waals surface area contributed by atoms with Gasteiger partial charge in [0.25, 0.3) is 0 Å². The molecule has 1 aliphatic heterocycles. The average Bonchev–Trinajstić information content (AvgIpc) is 3.55. The van der Waals surface area contributed by atoms with Gasteiger partial charge in [0.1, 0.15) is 11.6 Å². The molecule has 7 heteroatoms. The van der Waals surface area contributed by atoms with Crippen molar-refractivity contribution in [2.75, 3.05) is 26.7 Å². The zero-order valence-corrected chi connectivity index (χ0v) is 20.2. The summed E-state index contributed by atoms with van der Waals surface area (Å²) in [6.07, 6.45) is 4.06. The molecule has 4 rings (SSSR count). The number of aliphatic imine (C=N–C) groups is 1. The van der Waals surface area contributed by atoms with Crippen LogP contribution in [-0.2, 0) is 12.0 Å². The number of likely N-dealkylation sites (tertiary alicyclic amines) is 1. The molecule has 0 radical (unpaired) electrons. The number of benzene rings is 2. The first-order valence-electron chi connectivity index (χ1n) is 10.8. The minimum absolute atomic E-state index is 0. The van der Waals surface area contributed by atoms with E-state index in [4.69, 9.17) is 0 Å². The fourth-order valence-electron chi connectivity index (χ4n) is 4.31. The molecule has 2 aliphatic rings. The van der Waals surface area contributed by atoms with Crippen molar-refractivity contribution < 1.29 is 8.78 Å². The highest BCUT2D eigenvalue weighted by Crippen LogP contribution is 2.48. The molecular weight excluding hydrogens is 509 g/mol. The third-order valence-electron chi connectivity index (χ3n) is 6.36. The molecule has 1 saturated carbocycles. The highest BCUT2D eigenvalue weighted by molar-refractivity contribution is 14.0. The highest BCUT2D eigenvalue weighted by Gasteiger charge is 2.45. The van der Waals surface area contributed by atoms with E-state index in [9.17, 15) is 8.78 Å². The zero-order valence-electron chi connectivity index (χ0n) is 17.9. The van der Waals surface area contributed by atoms with Crippen molar-refractivity contribution in [3.05, 3.63) is 71.3 Å². The monoisotopic (exact) mass is 540 g/mol. The molecule has 2 aromatic rings. The van der Waals surface area contributed by atoms with E-state index in [2.05, 4.69) is 20.5 Å². The van der Waals surface area contributed by atoms with Gasteiger partial charge in [-0.05, 0) is 55.0 Å². The Balaban J connectivity index is 0.00000272. The lowest BCUT2D eigenvalue weighted by atomic mass is 9.95. The molecule has 0 atom stereocenters. The maximum atomic E-state index is 14.2. The first kappa shape index (κ1) is 23.9. The molecule has 0 amide bonds. The molecule has 2 fully saturated rings. The van der Waals surface area contributed by atoms with Crippen LogP contribution in [0, 0.1) is 11.6 Å². The Kier molecular flexibility index (Phi) is 8.27. The number of nitrogens with zero attached hydrogens (tertiary/aromatic N) is 2. The van der Waals surface area contributed by atoms with Crippen molar-refractivity contribution in [1.29, 1.82) is 0 Å². The number of halogens is 3. The summed E-state index contributed by atoms with van der Waals surface area (Å²) in [6, 6.07) is 14.2. The molecule has 0 spiro atoms. The van der Waals surface area contributed by atoms with Crippen LogP contribution in [0.1, 0.15) is 36.8 Å². The van der Waals surface area contributed by atoms with E-state index < -0.39 is 0 Å². The fraction of sp³-hybridized carbons (Fsp3) is 0.458. The molecule has 0 unspecified atom stereocenters. The molecule has 0 bridgehead atoms. The Labute approximate surface area is 200 Å². The van der Waals surface area contributed by atoms with Gasteiger partial charge in [-0.15, -0.1) is 24.0 Å². The number of guanidine groups is 1. The van der Waals surface area contributed by atoms with Crippen LogP contribution in [0.25, 0.3) is 0 Å². The number of hydrogen-bond acceptors (Lipinski definition) is 2. The lowest BCUT2D eigenvalue weighted by molar-refractivity contribution is 0.198. The minimum Gasteiger partial charge on any atom is -0.356 e. The summed E-state index contributed by atoms with van der Waals surface area (Å²) in [4.78, 5) is 6.78. The first-order chi connectivity index (χ1) is 14.6. The molecule has 1 heterocycles. The van der Waals surface area contributed by atoms with Crippen molar-refractivity contribution in [3.8, 4) is 0 Å². The maximum Gasteiger partial charge on any atom is 0.191 e. The van der Waals surface area contributed by atoms with E-state index >= 15 is 0 Å². The van der Waals surface area contributed by atoms with Crippen molar-refractivity contribution in [2.45, 2.75) is 43.7 Å². The molecule has 31 heavy (non-hydrogen) atoms. The summed E-state index contributed by atoms with van der Waals surface area (Å²) in [6.45, 7) is 3.53. The zero-order chi connectivity index (χ0) is 21.0. The van der Waals surface area contributed by atoms with Crippen LogP contribution in [0.4, 0.5) is 8.78 Å². The van der Waals surface area contributed by atoms with Crippen LogP contribution in [0.2, 0.25) is 0 Å². The standard InChI is InChI=1S/C24H30F2N4.HI/c1-27-23(28-17-24(12-13-24)21-4-2-3-5-22(21)26)29-20-10-14-30(15-11-20)16-18-6-8-19(25)9-7-18;/h2-9,20H,10-17H2,1H3,(H2,27,28,29);1H. The Morgan fingerprint density at radius 1 is 1.06 bits per heavy atom. The van der Waals surface area contributed by atoms with E-state index in [0.717, 1.165) is 62.4 Å². The summed E-state index contributed by atoms with van der Waals surface area (Å²) in [5.41, 5.74) is 1.84. The third-order valence-corrected chi connectivity index (χ3v) is 6.36. The van der Waals surface area contributed by atoms with Gasteiger partial charge in [0.15, 0.2) is 5.96 Å². The molecular formula is C24H31F2IN4. The van der Waals surface area contributed by atoms with Gasteiger partial charge < -0.3 is 10.6 Å². The predicted octanol–water partition coefficient (Wildman–Crippen LogP) is 4.44. The summed E-state index contributed by atoms with van der Waals surface area (Å²) in [5, 5.41) is 6.96. The lowest BCUT2D eigenvalue weighted by Gasteiger charge is -2.33. The summed E-state index contributed by atoms with van der Waals surface area (Å²) < 4.78 is 27.3. The van der Waals surface area contributed by atoms with Crippen molar-refractivity contribution in [2.24, 2.45) is 4.99 Å². The van der Waals surface area contributed by atoms with Crippen LogP contribution in [0.3, 0.4) is 0 Å². The Morgan fingerprint density at radius 3 is 2.35 bits per heavy atom. The van der Waals surface area contributed by atoms with Crippen LogP contribution in [0.15, 0.2) is 53.5 Å². The molecule has 1 saturated heterocycles. The van der Waals surface area contributed by atoms with E-state index in [-0.39, 0.29) is 41.0 Å². The van der Waals surface area contributed by atoms with E-state index in [1.54, 1.807) is 19.2 Å². The van der Waals surface area contributed by atoms with Gasteiger partial charge in [-0.3, -0.25) is 9.89 Å². The smallest absolute Gasteiger partial charge is 0.191 e. The van der Waals surface area contributed by atoms with Gasteiger partial charge in [-0.25, -0.2) is 8.78 Å². The predicted molar refractivity (Wildman–Crippen MR) is 132 cm³/mol. The minimum atomic E-state index is -0.191. The molecule has 2 aromatic carbocycles. The normalized spacial score (nSPS) is 18.9. The summed E-state index contributed by atoms with van der Waals surface area (Å²) in [7, 11) is 1.78. The van der Waals surface area contributed by atoms with E-state index in [1.165, 1.54) is 12.1 Å². The maximum absolute atomic E-state index is 14.2. The molecule has 4 nitrogen and oxygen atoms in total. The van der Waals surface area contributed by atoms with Crippen molar-refractivity contribution >= 4 is 29.9 Å². The van der Waals surface area contributed by atoms with Gasteiger partial charge in [-0.2, -0.15) is 0 Å². The molecule has 168 valence electrons. The highest BCUT2D eigenvalue weighted by atomic mass is 127. The molecule has 1 aliphatic carbocycles.